The number of benzene rings is 2. The van der Waals surface area contributed by atoms with Crippen molar-refractivity contribution in [1.82, 2.24) is 5.32 Å². The van der Waals surface area contributed by atoms with Gasteiger partial charge in [0.2, 0.25) is 0 Å². The normalized spacial score (nSPS) is 16.7. The van der Waals surface area contributed by atoms with E-state index < -0.39 is 0 Å². The van der Waals surface area contributed by atoms with Crippen LogP contribution in [0.3, 0.4) is 0 Å². The van der Waals surface area contributed by atoms with Gasteiger partial charge in [-0.15, -0.1) is 0 Å². The molecule has 0 fully saturated rings. The quantitative estimate of drug-likeness (QED) is 0.696. The summed E-state index contributed by atoms with van der Waals surface area (Å²) in [5, 5.41) is 3.41. The number of rotatable bonds is 4. The molecule has 1 atom stereocenters. The fourth-order valence-electron chi connectivity index (χ4n) is 3.07. The maximum Gasteiger partial charge on any atom is 0.0695 e. The molecule has 0 aromatic heterocycles. The van der Waals surface area contributed by atoms with Gasteiger partial charge in [-0.25, -0.2) is 0 Å². The molecule has 1 N–H and O–H groups in total. The van der Waals surface area contributed by atoms with Crippen molar-refractivity contribution in [1.29, 1.82) is 0 Å². The maximum absolute atomic E-state index is 3.41. The van der Waals surface area contributed by atoms with Gasteiger partial charge in [0.25, 0.3) is 0 Å². The molecule has 1 aliphatic heterocycles. The molecule has 0 amide bonds. The molecular weight excluding hydrogens is 290 g/mol. The van der Waals surface area contributed by atoms with Gasteiger partial charge >= 0.3 is 0 Å². The molecule has 1 heterocycles. The third-order valence-corrected chi connectivity index (χ3v) is 4.68. The molecule has 24 heavy (non-hydrogen) atoms. The van der Waals surface area contributed by atoms with E-state index in [2.05, 4.69) is 87.6 Å². The van der Waals surface area contributed by atoms with Crippen LogP contribution >= 0.6 is 0 Å². The zero-order valence-electron chi connectivity index (χ0n) is 15.1. The summed E-state index contributed by atoms with van der Waals surface area (Å²) in [5.74, 6) is 1.08. The first kappa shape index (κ1) is 16.6. The van der Waals surface area contributed by atoms with E-state index in [1.165, 1.54) is 27.8 Å². The predicted molar refractivity (Wildman–Crippen MR) is 104 cm³/mol. The Bertz CT molecular complexity index is 739. The van der Waals surface area contributed by atoms with Gasteiger partial charge in [-0.2, -0.15) is 0 Å². The van der Waals surface area contributed by atoms with E-state index in [4.69, 9.17) is 0 Å². The Morgan fingerprint density at radius 2 is 1.50 bits per heavy atom. The Balaban J connectivity index is 2.02. The van der Waals surface area contributed by atoms with Gasteiger partial charge in [0, 0.05) is 0 Å². The zero-order valence-corrected chi connectivity index (χ0v) is 15.1. The molecule has 2 aromatic rings. The highest BCUT2D eigenvalue weighted by Crippen LogP contribution is 2.31. The lowest BCUT2D eigenvalue weighted by Gasteiger charge is -2.18. The van der Waals surface area contributed by atoms with Gasteiger partial charge in [0.15, 0.2) is 0 Å². The van der Waals surface area contributed by atoms with Crippen LogP contribution < -0.4 is 5.32 Å². The minimum atomic E-state index is 0.257. The molecule has 0 spiro atoms. The highest BCUT2D eigenvalue weighted by atomic mass is 14.9. The minimum Gasteiger partial charge on any atom is -0.381 e. The average Bonchev–Trinajstić information content (AvgIpc) is 2.62. The van der Waals surface area contributed by atoms with Gasteiger partial charge in [0.1, 0.15) is 0 Å². The summed E-state index contributed by atoms with van der Waals surface area (Å²) < 4.78 is 0. The summed E-state index contributed by atoms with van der Waals surface area (Å²) in [4.78, 5) is 0. The lowest BCUT2D eigenvalue weighted by Crippen LogP contribution is -2.14. The molecule has 124 valence electrons. The molecule has 3 rings (SSSR count). The summed E-state index contributed by atoms with van der Waals surface area (Å²) in [7, 11) is 0. The van der Waals surface area contributed by atoms with Crippen LogP contribution in [0.15, 0.2) is 66.9 Å². The van der Waals surface area contributed by atoms with Gasteiger partial charge in [-0.1, -0.05) is 76.2 Å². The molecule has 0 aliphatic carbocycles. The SMILES string of the molecule is CC(C)c1cc(-c2cccc(C3C=CC=CN3)c2)cc(C(C)C)c1. The first-order chi connectivity index (χ1) is 11.5. The second kappa shape index (κ2) is 7.09. The fraction of sp³-hybridized carbons (Fsp3) is 0.304. The summed E-state index contributed by atoms with van der Waals surface area (Å²) >= 11 is 0. The molecular formula is C23H27N. The summed E-state index contributed by atoms with van der Waals surface area (Å²) in [6.07, 6.45) is 8.34. The molecule has 0 saturated carbocycles. The molecule has 0 radical (unpaired) electrons. The van der Waals surface area contributed by atoms with Crippen LogP contribution in [0.5, 0.6) is 0 Å². The Labute approximate surface area is 146 Å². The van der Waals surface area contributed by atoms with Crippen molar-refractivity contribution < 1.29 is 0 Å². The highest BCUT2D eigenvalue weighted by molar-refractivity contribution is 5.66. The standard InChI is InChI=1S/C23H27N/c1-16(2)20-13-21(17(3)4)15-22(14-20)18-8-7-9-19(12-18)23-10-5-6-11-24-23/h5-17,23-24H,1-4H3. The highest BCUT2D eigenvalue weighted by Gasteiger charge is 2.11. The van der Waals surface area contributed by atoms with E-state index in [1.807, 2.05) is 12.3 Å². The van der Waals surface area contributed by atoms with E-state index in [9.17, 15) is 0 Å². The van der Waals surface area contributed by atoms with E-state index in [0.717, 1.165) is 0 Å². The molecule has 0 saturated heterocycles. The number of nitrogens with one attached hydrogen (secondary N) is 1. The van der Waals surface area contributed by atoms with Crippen LogP contribution in [0, 0.1) is 0 Å². The summed E-state index contributed by atoms with van der Waals surface area (Å²) in [6, 6.07) is 16.2. The topological polar surface area (TPSA) is 12.0 Å². The third kappa shape index (κ3) is 3.62. The van der Waals surface area contributed by atoms with Crippen LogP contribution in [0.1, 0.15) is 62.3 Å². The van der Waals surface area contributed by atoms with Crippen molar-refractivity contribution in [3.05, 3.63) is 83.6 Å². The van der Waals surface area contributed by atoms with E-state index in [0.29, 0.717) is 11.8 Å². The van der Waals surface area contributed by atoms with Crippen molar-refractivity contribution in [3.8, 4) is 11.1 Å². The van der Waals surface area contributed by atoms with E-state index in [1.54, 1.807) is 0 Å². The molecule has 2 aromatic carbocycles. The van der Waals surface area contributed by atoms with Gasteiger partial charge in [-0.3, -0.25) is 0 Å². The van der Waals surface area contributed by atoms with Gasteiger partial charge in [0.05, 0.1) is 6.04 Å². The van der Waals surface area contributed by atoms with Crippen molar-refractivity contribution in [2.45, 2.75) is 45.6 Å². The van der Waals surface area contributed by atoms with Gasteiger partial charge < -0.3 is 5.32 Å². The number of hydrogen-bond donors (Lipinski definition) is 1. The van der Waals surface area contributed by atoms with Crippen LogP contribution in [0.25, 0.3) is 11.1 Å². The monoisotopic (exact) mass is 317 g/mol. The Hall–Kier alpha value is -2.28. The van der Waals surface area contributed by atoms with Crippen molar-refractivity contribution in [2.24, 2.45) is 0 Å². The summed E-state index contributed by atoms with van der Waals surface area (Å²) in [6.45, 7) is 9.07. The zero-order chi connectivity index (χ0) is 17.1. The lowest BCUT2D eigenvalue weighted by molar-refractivity contribution is 0.747. The fourth-order valence-corrected chi connectivity index (χ4v) is 3.07. The Morgan fingerprint density at radius 1 is 0.792 bits per heavy atom. The minimum absolute atomic E-state index is 0.257. The maximum atomic E-state index is 3.41. The molecule has 1 nitrogen and oxygen atoms in total. The van der Waals surface area contributed by atoms with Crippen LogP contribution in [-0.4, -0.2) is 0 Å². The summed E-state index contributed by atoms with van der Waals surface area (Å²) in [5.41, 5.74) is 6.75. The molecule has 1 aliphatic rings. The third-order valence-electron chi connectivity index (χ3n) is 4.68. The average molecular weight is 317 g/mol. The van der Waals surface area contributed by atoms with Crippen molar-refractivity contribution in [3.63, 3.8) is 0 Å². The van der Waals surface area contributed by atoms with Gasteiger partial charge in [-0.05, 0) is 58.0 Å². The van der Waals surface area contributed by atoms with Crippen LogP contribution in [0.2, 0.25) is 0 Å². The largest absolute Gasteiger partial charge is 0.381 e. The van der Waals surface area contributed by atoms with Crippen molar-refractivity contribution >= 4 is 0 Å². The molecule has 0 bridgehead atoms. The number of dihydropyridines is 1. The van der Waals surface area contributed by atoms with Crippen LogP contribution in [-0.2, 0) is 0 Å². The number of allylic oxidation sites excluding steroid dienone is 2. The first-order valence-electron chi connectivity index (χ1n) is 8.89. The second-order valence-corrected chi connectivity index (χ2v) is 7.21. The van der Waals surface area contributed by atoms with E-state index in [-0.39, 0.29) is 6.04 Å². The second-order valence-electron chi connectivity index (χ2n) is 7.21. The van der Waals surface area contributed by atoms with Crippen LogP contribution in [0.4, 0.5) is 0 Å². The number of hydrogen-bond acceptors (Lipinski definition) is 1. The van der Waals surface area contributed by atoms with E-state index >= 15 is 0 Å². The molecule has 1 heteroatoms. The van der Waals surface area contributed by atoms with Crippen molar-refractivity contribution in [2.75, 3.05) is 0 Å². The smallest absolute Gasteiger partial charge is 0.0695 e. The Kier molecular flexibility index (Phi) is 4.89. The lowest BCUT2D eigenvalue weighted by atomic mass is 9.90. The first-order valence-corrected chi connectivity index (χ1v) is 8.89. The Morgan fingerprint density at radius 3 is 2.08 bits per heavy atom. The predicted octanol–water partition coefficient (Wildman–Crippen LogP) is 6.31. The molecule has 1 unspecified atom stereocenters.